The van der Waals surface area contributed by atoms with E-state index in [0.29, 0.717) is 0 Å². The van der Waals surface area contributed by atoms with Crippen LogP contribution in [-0.2, 0) is 5.75 Å². The van der Waals surface area contributed by atoms with Crippen molar-refractivity contribution in [2.24, 2.45) is 5.92 Å². The van der Waals surface area contributed by atoms with E-state index >= 15 is 0 Å². The molecule has 2 nitrogen and oxygen atoms in total. The summed E-state index contributed by atoms with van der Waals surface area (Å²) in [5.74, 6) is 3.31. The number of benzene rings is 1. The van der Waals surface area contributed by atoms with E-state index in [0.717, 1.165) is 18.2 Å². The highest BCUT2D eigenvalue weighted by Gasteiger charge is 2.18. The summed E-state index contributed by atoms with van der Waals surface area (Å²) in [7, 11) is 0. The van der Waals surface area contributed by atoms with Crippen LogP contribution in [0.4, 0.5) is 0 Å². The van der Waals surface area contributed by atoms with Crippen molar-refractivity contribution in [1.82, 2.24) is 10.2 Å². The van der Waals surface area contributed by atoms with Gasteiger partial charge in [0.05, 0.1) is 0 Å². The molecule has 112 valence electrons. The van der Waals surface area contributed by atoms with Crippen LogP contribution in [0.3, 0.4) is 0 Å². The van der Waals surface area contributed by atoms with Gasteiger partial charge in [0.15, 0.2) is 0 Å². The molecule has 1 N–H and O–H groups in total. The predicted molar refractivity (Wildman–Crippen MR) is 90.3 cm³/mol. The molecule has 1 heterocycles. The van der Waals surface area contributed by atoms with Gasteiger partial charge >= 0.3 is 0 Å². The third-order valence-electron chi connectivity index (χ3n) is 4.05. The molecular formula is C17H28N2S. The highest BCUT2D eigenvalue weighted by molar-refractivity contribution is 7.98. The second-order valence-corrected chi connectivity index (χ2v) is 6.74. The molecule has 0 aromatic heterocycles. The Morgan fingerprint density at radius 2 is 1.95 bits per heavy atom. The molecule has 0 saturated carbocycles. The molecule has 0 atom stereocenters. The Morgan fingerprint density at radius 3 is 2.65 bits per heavy atom. The predicted octanol–water partition coefficient (Wildman–Crippen LogP) is 3.24. The fraction of sp³-hybridized carbons (Fsp3) is 0.647. The number of piperidine rings is 1. The van der Waals surface area contributed by atoms with Crippen molar-refractivity contribution >= 4 is 11.8 Å². The van der Waals surface area contributed by atoms with Crippen molar-refractivity contribution in [2.75, 3.05) is 38.5 Å². The molecule has 1 aliphatic rings. The van der Waals surface area contributed by atoms with Gasteiger partial charge in [0.2, 0.25) is 0 Å². The van der Waals surface area contributed by atoms with Crippen molar-refractivity contribution < 1.29 is 0 Å². The van der Waals surface area contributed by atoms with Gasteiger partial charge in [0.25, 0.3) is 0 Å². The van der Waals surface area contributed by atoms with Crippen molar-refractivity contribution in [3.63, 3.8) is 0 Å². The lowest BCUT2D eigenvalue weighted by Gasteiger charge is -2.31. The van der Waals surface area contributed by atoms with E-state index in [4.69, 9.17) is 0 Å². The molecule has 0 radical (unpaired) electrons. The number of likely N-dealkylation sites (tertiary alicyclic amines) is 1. The summed E-state index contributed by atoms with van der Waals surface area (Å²) < 4.78 is 0. The van der Waals surface area contributed by atoms with Crippen LogP contribution in [0.25, 0.3) is 0 Å². The van der Waals surface area contributed by atoms with E-state index in [2.05, 4.69) is 59.2 Å². The first-order valence-electron chi connectivity index (χ1n) is 7.93. The molecule has 0 unspecified atom stereocenters. The lowest BCUT2D eigenvalue weighted by Crippen LogP contribution is -2.38. The Morgan fingerprint density at radius 1 is 1.20 bits per heavy atom. The van der Waals surface area contributed by atoms with Crippen LogP contribution in [0.15, 0.2) is 30.3 Å². The van der Waals surface area contributed by atoms with Gasteiger partial charge in [-0.3, -0.25) is 0 Å². The molecule has 0 bridgehead atoms. The fourth-order valence-electron chi connectivity index (χ4n) is 2.72. The largest absolute Gasteiger partial charge is 0.317 e. The van der Waals surface area contributed by atoms with Gasteiger partial charge in [0.1, 0.15) is 0 Å². The maximum absolute atomic E-state index is 3.48. The zero-order valence-corrected chi connectivity index (χ0v) is 13.5. The summed E-state index contributed by atoms with van der Waals surface area (Å²) in [6.07, 6.45) is 2.74. The normalized spacial score (nSPS) is 17.4. The minimum atomic E-state index is 0.906. The quantitative estimate of drug-likeness (QED) is 0.741. The van der Waals surface area contributed by atoms with Crippen LogP contribution in [0.2, 0.25) is 0 Å². The Balaban J connectivity index is 1.53. The lowest BCUT2D eigenvalue weighted by molar-refractivity contribution is 0.192. The van der Waals surface area contributed by atoms with Gasteiger partial charge in [-0.1, -0.05) is 37.3 Å². The van der Waals surface area contributed by atoms with Gasteiger partial charge in [-0.25, -0.2) is 0 Å². The summed E-state index contributed by atoms with van der Waals surface area (Å²) >= 11 is 2.06. The standard InChI is InChI=1S/C17H28N2S/c1-2-18-14-16-8-10-19(11-9-16)12-13-20-15-17-6-4-3-5-7-17/h3-7,16,18H,2,8-15H2,1H3. The Labute approximate surface area is 128 Å². The third kappa shape index (κ3) is 5.86. The Kier molecular flexibility index (Phi) is 7.48. The van der Waals surface area contributed by atoms with Crippen LogP contribution in [0, 0.1) is 5.92 Å². The van der Waals surface area contributed by atoms with Gasteiger partial charge in [-0.2, -0.15) is 11.8 Å². The first-order valence-corrected chi connectivity index (χ1v) is 9.08. The third-order valence-corrected chi connectivity index (χ3v) is 5.06. The highest BCUT2D eigenvalue weighted by Crippen LogP contribution is 2.17. The number of hydrogen-bond donors (Lipinski definition) is 1. The van der Waals surface area contributed by atoms with Crippen LogP contribution in [0.1, 0.15) is 25.3 Å². The van der Waals surface area contributed by atoms with Crippen molar-refractivity contribution in [2.45, 2.75) is 25.5 Å². The van der Waals surface area contributed by atoms with Crippen LogP contribution < -0.4 is 5.32 Å². The zero-order valence-electron chi connectivity index (χ0n) is 12.7. The molecule has 0 spiro atoms. The number of nitrogens with zero attached hydrogens (tertiary/aromatic N) is 1. The number of thioether (sulfide) groups is 1. The minimum absolute atomic E-state index is 0.906. The van der Waals surface area contributed by atoms with Gasteiger partial charge < -0.3 is 10.2 Å². The second kappa shape index (κ2) is 9.43. The first kappa shape index (κ1) is 15.9. The molecule has 1 aliphatic heterocycles. The smallest absolute Gasteiger partial charge is 0.0185 e. The van der Waals surface area contributed by atoms with E-state index in [1.165, 1.54) is 50.3 Å². The molecule has 2 rings (SSSR count). The van der Waals surface area contributed by atoms with Crippen LogP contribution in [-0.4, -0.2) is 43.4 Å². The van der Waals surface area contributed by atoms with E-state index in [-0.39, 0.29) is 0 Å². The first-order chi connectivity index (χ1) is 9.88. The zero-order chi connectivity index (χ0) is 14.0. The van der Waals surface area contributed by atoms with Gasteiger partial charge in [-0.05, 0) is 50.5 Å². The van der Waals surface area contributed by atoms with E-state index < -0.39 is 0 Å². The fourth-order valence-corrected chi connectivity index (χ4v) is 3.68. The Hall–Kier alpha value is -0.510. The highest BCUT2D eigenvalue weighted by atomic mass is 32.2. The summed E-state index contributed by atoms with van der Waals surface area (Å²) in [6, 6.07) is 10.8. The maximum atomic E-state index is 3.48. The molecular weight excluding hydrogens is 264 g/mol. The van der Waals surface area contributed by atoms with Gasteiger partial charge in [0, 0.05) is 18.1 Å². The molecule has 20 heavy (non-hydrogen) atoms. The number of nitrogens with one attached hydrogen (secondary N) is 1. The van der Waals surface area contributed by atoms with Crippen molar-refractivity contribution in [3.8, 4) is 0 Å². The average molecular weight is 292 g/mol. The SMILES string of the molecule is CCNCC1CCN(CCSCc2ccccc2)CC1. The summed E-state index contributed by atoms with van der Waals surface area (Å²) in [5.41, 5.74) is 1.45. The van der Waals surface area contributed by atoms with E-state index in [1.807, 2.05) is 0 Å². The second-order valence-electron chi connectivity index (χ2n) is 5.63. The van der Waals surface area contributed by atoms with Crippen LogP contribution in [0.5, 0.6) is 0 Å². The molecule has 1 saturated heterocycles. The van der Waals surface area contributed by atoms with Crippen molar-refractivity contribution in [3.05, 3.63) is 35.9 Å². The van der Waals surface area contributed by atoms with Crippen LogP contribution >= 0.6 is 11.8 Å². The Bertz CT molecular complexity index is 347. The molecule has 1 aromatic rings. The summed E-state index contributed by atoms with van der Waals surface area (Å²) in [6.45, 7) is 8.36. The van der Waals surface area contributed by atoms with E-state index in [9.17, 15) is 0 Å². The molecule has 0 amide bonds. The summed E-state index contributed by atoms with van der Waals surface area (Å²) in [4.78, 5) is 2.64. The average Bonchev–Trinajstić information content (AvgIpc) is 2.52. The number of hydrogen-bond acceptors (Lipinski definition) is 3. The maximum Gasteiger partial charge on any atom is 0.0185 e. The monoisotopic (exact) mass is 292 g/mol. The number of rotatable bonds is 8. The topological polar surface area (TPSA) is 15.3 Å². The molecule has 0 aliphatic carbocycles. The summed E-state index contributed by atoms with van der Waals surface area (Å²) in [5, 5.41) is 3.48. The lowest BCUT2D eigenvalue weighted by atomic mass is 9.97. The van der Waals surface area contributed by atoms with Crippen molar-refractivity contribution in [1.29, 1.82) is 0 Å². The molecule has 1 aromatic carbocycles. The minimum Gasteiger partial charge on any atom is -0.317 e. The van der Waals surface area contributed by atoms with Gasteiger partial charge in [-0.15, -0.1) is 0 Å². The molecule has 3 heteroatoms. The van der Waals surface area contributed by atoms with E-state index in [1.54, 1.807) is 0 Å². The molecule has 1 fully saturated rings.